The molecule has 0 unspecified atom stereocenters. The van der Waals surface area contributed by atoms with Crippen LogP contribution in [0.3, 0.4) is 0 Å². The zero-order chi connectivity index (χ0) is 19.6. The van der Waals surface area contributed by atoms with E-state index in [-0.39, 0.29) is 5.60 Å². The molecule has 142 valence electrons. The van der Waals surface area contributed by atoms with Gasteiger partial charge in [-0.2, -0.15) is 0 Å². The van der Waals surface area contributed by atoms with Crippen molar-refractivity contribution >= 4 is 11.6 Å². The van der Waals surface area contributed by atoms with Crippen LogP contribution >= 0.6 is 0 Å². The van der Waals surface area contributed by atoms with Crippen LogP contribution in [0.1, 0.15) is 30.5 Å². The Labute approximate surface area is 161 Å². The molecule has 4 nitrogen and oxygen atoms in total. The molecule has 1 heterocycles. The molecule has 4 heteroatoms. The molecule has 0 bridgehead atoms. The summed E-state index contributed by atoms with van der Waals surface area (Å²) in [7, 11) is 4.94. The molecule has 1 aliphatic heterocycles. The highest BCUT2D eigenvalue weighted by Gasteiger charge is 2.25. The number of allylic oxidation sites excluding steroid dienone is 1. The standard InChI is InChI=1S/C23H26O4/c1-15(16-7-10-20(24-4)21(14-16)25-5)13-17-8-9-19-18(22(17)26-6)11-12-23(2,3)27-19/h7-12,14H,1,13H2,2-6H3. The van der Waals surface area contributed by atoms with Crippen molar-refractivity contribution in [1.82, 2.24) is 0 Å². The van der Waals surface area contributed by atoms with E-state index in [1.165, 1.54) is 0 Å². The van der Waals surface area contributed by atoms with Crippen molar-refractivity contribution in [2.45, 2.75) is 25.9 Å². The molecule has 0 aliphatic carbocycles. The summed E-state index contributed by atoms with van der Waals surface area (Å²) in [5.74, 6) is 3.04. The van der Waals surface area contributed by atoms with Gasteiger partial charge in [0.1, 0.15) is 17.1 Å². The van der Waals surface area contributed by atoms with Gasteiger partial charge < -0.3 is 18.9 Å². The predicted octanol–water partition coefficient (Wildman–Crippen LogP) is 5.15. The first kappa shape index (κ1) is 18.9. The number of methoxy groups -OCH3 is 3. The second kappa shape index (κ2) is 7.39. The zero-order valence-electron chi connectivity index (χ0n) is 16.6. The molecule has 1 aliphatic rings. The summed E-state index contributed by atoms with van der Waals surface area (Å²) in [6.45, 7) is 8.33. The average Bonchev–Trinajstić information content (AvgIpc) is 2.66. The summed E-state index contributed by atoms with van der Waals surface area (Å²) >= 11 is 0. The number of ether oxygens (including phenoxy) is 4. The zero-order valence-corrected chi connectivity index (χ0v) is 16.6. The lowest BCUT2D eigenvalue weighted by Gasteiger charge is -2.29. The van der Waals surface area contributed by atoms with Crippen LogP contribution in [-0.4, -0.2) is 26.9 Å². The van der Waals surface area contributed by atoms with Gasteiger partial charge in [-0.3, -0.25) is 0 Å². The van der Waals surface area contributed by atoms with E-state index in [2.05, 4.69) is 12.7 Å². The molecule has 0 saturated carbocycles. The smallest absolute Gasteiger partial charge is 0.161 e. The second-order valence-electron chi connectivity index (χ2n) is 7.06. The third kappa shape index (κ3) is 3.80. The Balaban J connectivity index is 1.91. The van der Waals surface area contributed by atoms with E-state index >= 15 is 0 Å². The summed E-state index contributed by atoms with van der Waals surface area (Å²) in [6.07, 6.45) is 4.77. The predicted molar refractivity (Wildman–Crippen MR) is 109 cm³/mol. The molecule has 0 N–H and O–H groups in total. The molecule has 0 radical (unpaired) electrons. The SMILES string of the molecule is C=C(Cc1ccc2c(c1OC)C=CC(C)(C)O2)c1ccc(OC)c(OC)c1. The van der Waals surface area contributed by atoms with E-state index in [0.29, 0.717) is 17.9 Å². The second-order valence-corrected chi connectivity index (χ2v) is 7.06. The van der Waals surface area contributed by atoms with Crippen molar-refractivity contribution in [3.8, 4) is 23.0 Å². The highest BCUT2D eigenvalue weighted by Crippen LogP contribution is 2.40. The van der Waals surface area contributed by atoms with E-state index in [0.717, 1.165) is 33.8 Å². The third-order valence-electron chi connectivity index (χ3n) is 4.66. The normalized spacial score (nSPS) is 14.1. The van der Waals surface area contributed by atoms with Crippen LogP contribution in [0.2, 0.25) is 0 Å². The Morgan fingerprint density at radius 3 is 2.41 bits per heavy atom. The van der Waals surface area contributed by atoms with Gasteiger partial charge in [0.15, 0.2) is 11.5 Å². The Kier molecular flexibility index (Phi) is 5.17. The maximum Gasteiger partial charge on any atom is 0.161 e. The van der Waals surface area contributed by atoms with Gasteiger partial charge in [0, 0.05) is 6.42 Å². The van der Waals surface area contributed by atoms with Gasteiger partial charge in [-0.1, -0.05) is 18.7 Å². The van der Waals surface area contributed by atoms with Crippen LogP contribution in [0.15, 0.2) is 43.0 Å². The highest BCUT2D eigenvalue weighted by atomic mass is 16.5. The van der Waals surface area contributed by atoms with Crippen molar-refractivity contribution in [2.75, 3.05) is 21.3 Å². The van der Waals surface area contributed by atoms with Crippen LogP contribution < -0.4 is 18.9 Å². The van der Waals surface area contributed by atoms with Gasteiger partial charge in [0.25, 0.3) is 0 Å². The minimum Gasteiger partial charge on any atom is -0.496 e. The molecule has 2 aromatic carbocycles. The van der Waals surface area contributed by atoms with Crippen LogP contribution in [0.25, 0.3) is 11.6 Å². The van der Waals surface area contributed by atoms with Gasteiger partial charge in [-0.15, -0.1) is 0 Å². The molecule has 0 atom stereocenters. The van der Waals surface area contributed by atoms with Gasteiger partial charge in [-0.25, -0.2) is 0 Å². The van der Waals surface area contributed by atoms with Gasteiger partial charge in [0.05, 0.1) is 26.9 Å². The fourth-order valence-electron chi connectivity index (χ4n) is 3.24. The van der Waals surface area contributed by atoms with E-state index in [1.54, 1.807) is 21.3 Å². The Morgan fingerprint density at radius 2 is 1.74 bits per heavy atom. The molecule has 3 rings (SSSR count). The lowest BCUT2D eigenvalue weighted by atomic mass is 9.94. The van der Waals surface area contributed by atoms with E-state index < -0.39 is 0 Å². The van der Waals surface area contributed by atoms with Crippen molar-refractivity contribution in [3.05, 3.63) is 59.7 Å². The molecular weight excluding hydrogens is 340 g/mol. The first-order chi connectivity index (χ1) is 12.9. The topological polar surface area (TPSA) is 36.9 Å². The summed E-state index contributed by atoms with van der Waals surface area (Å²) in [4.78, 5) is 0. The molecular formula is C23H26O4. The molecule has 0 amide bonds. The van der Waals surface area contributed by atoms with Crippen molar-refractivity contribution < 1.29 is 18.9 Å². The third-order valence-corrected chi connectivity index (χ3v) is 4.66. The van der Waals surface area contributed by atoms with Crippen molar-refractivity contribution in [1.29, 1.82) is 0 Å². The lowest BCUT2D eigenvalue weighted by molar-refractivity contribution is 0.158. The summed E-state index contributed by atoms with van der Waals surface area (Å²) < 4.78 is 22.5. The van der Waals surface area contributed by atoms with Crippen molar-refractivity contribution in [3.63, 3.8) is 0 Å². The molecule has 2 aromatic rings. The van der Waals surface area contributed by atoms with E-state index in [4.69, 9.17) is 18.9 Å². The summed E-state index contributed by atoms with van der Waals surface area (Å²) in [6, 6.07) is 9.86. The molecule has 27 heavy (non-hydrogen) atoms. The fourth-order valence-corrected chi connectivity index (χ4v) is 3.24. The maximum atomic E-state index is 6.04. The van der Waals surface area contributed by atoms with Gasteiger partial charge in [-0.05, 0) is 60.9 Å². The van der Waals surface area contributed by atoms with Crippen LogP contribution in [0.4, 0.5) is 0 Å². The first-order valence-corrected chi connectivity index (χ1v) is 8.87. The molecule has 0 spiro atoms. The Hall–Kier alpha value is -2.88. The number of rotatable bonds is 6. The monoisotopic (exact) mass is 366 g/mol. The molecule has 0 aromatic heterocycles. The summed E-state index contributed by atoms with van der Waals surface area (Å²) in [5, 5.41) is 0. The fraction of sp³-hybridized carbons (Fsp3) is 0.304. The van der Waals surface area contributed by atoms with Gasteiger partial charge in [0.2, 0.25) is 0 Å². The quantitative estimate of drug-likeness (QED) is 0.708. The average molecular weight is 366 g/mol. The molecule has 0 fully saturated rings. The minimum atomic E-state index is -0.317. The van der Waals surface area contributed by atoms with Crippen molar-refractivity contribution in [2.24, 2.45) is 0 Å². The van der Waals surface area contributed by atoms with Crippen LogP contribution in [-0.2, 0) is 6.42 Å². The lowest BCUT2D eigenvalue weighted by Crippen LogP contribution is -2.27. The number of hydrogen-bond acceptors (Lipinski definition) is 4. The number of benzene rings is 2. The van der Waals surface area contributed by atoms with Crippen LogP contribution in [0.5, 0.6) is 23.0 Å². The van der Waals surface area contributed by atoms with E-state index in [9.17, 15) is 0 Å². The van der Waals surface area contributed by atoms with E-state index in [1.807, 2.05) is 50.3 Å². The summed E-state index contributed by atoms with van der Waals surface area (Å²) in [5.41, 5.74) is 3.68. The largest absolute Gasteiger partial charge is 0.496 e. The first-order valence-electron chi connectivity index (χ1n) is 8.87. The van der Waals surface area contributed by atoms with Crippen LogP contribution in [0, 0.1) is 0 Å². The Morgan fingerprint density at radius 1 is 1.00 bits per heavy atom. The Bertz CT molecular complexity index is 893. The molecule has 0 saturated heterocycles. The highest BCUT2D eigenvalue weighted by molar-refractivity contribution is 5.73. The van der Waals surface area contributed by atoms with Gasteiger partial charge >= 0.3 is 0 Å². The number of hydrogen-bond donors (Lipinski definition) is 0. The minimum absolute atomic E-state index is 0.317. The number of fused-ring (bicyclic) bond motifs is 1. The maximum absolute atomic E-state index is 6.04.